The molecule has 2 aromatic heterocycles. The summed E-state index contributed by atoms with van der Waals surface area (Å²) in [6.07, 6.45) is 0. The second-order valence-corrected chi connectivity index (χ2v) is 14.9. The molecule has 0 radical (unpaired) electrons. The molecular weight excluding hydrogens is 669 g/mol. The van der Waals surface area contributed by atoms with Crippen LogP contribution in [0.25, 0.3) is 44.8 Å². The van der Waals surface area contributed by atoms with Crippen LogP contribution in [0.3, 0.4) is 0 Å². The molecule has 0 fully saturated rings. The molecule has 0 spiro atoms. The molecule has 6 aromatic carbocycles. The third-order valence-electron chi connectivity index (χ3n) is 11.1. The molecule has 0 amide bonds. The Balaban J connectivity index is 1.43. The predicted octanol–water partition coefficient (Wildman–Crippen LogP) is 13.2. The second-order valence-electron chi connectivity index (χ2n) is 14.9. The van der Waals surface area contributed by atoms with E-state index in [1.807, 2.05) is 12.1 Å². The minimum Gasteiger partial charge on any atom is -0.457 e. The Morgan fingerprint density at radius 3 is 1.29 bits per heavy atom. The van der Waals surface area contributed by atoms with Gasteiger partial charge in [0.05, 0.1) is 22.8 Å². The first-order chi connectivity index (χ1) is 26.8. The molecule has 0 aliphatic carbocycles. The lowest BCUT2D eigenvalue weighted by atomic mass is 9.66. The van der Waals surface area contributed by atoms with E-state index < -0.39 is 5.41 Å². The zero-order valence-electron chi connectivity index (χ0n) is 31.9. The summed E-state index contributed by atoms with van der Waals surface area (Å²) in [5, 5.41) is 0. The van der Waals surface area contributed by atoms with Crippen molar-refractivity contribution in [3.05, 3.63) is 214 Å². The zero-order chi connectivity index (χ0) is 37.7. The molecule has 3 nitrogen and oxygen atoms in total. The lowest BCUT2D eigenvalue weighted by Gasteiger charge is -2.40. The number of fused-ring (bicyclic) bond motifs is 2. The van der Waals surface area contributed by atoms with E-state index in [1.165, 1.54) is 38.9 Å². The number of hydrogen-bond donors (Lipinski definition) is 0. The molecule has 0 saturated carbocycles. The van der Waals surface area contributed by atoms with Crippen molar-refractivity contribution in [2.24, 2.45) is 0 Å². The summed E-state index contributed by atoms with van der Waals surface area (Å²) in [7, 11) is 0. The van der Waals surface area contributed by atoms with Crippen LogP contribution in [0.5, 0.6) is 11.5 Å². The van der Waals surface area contributed by atoms with Crippen molar-refractivity contribution in [3.63, 3.8) is 0 Å². The fourth-order valence-corrected chi connectivity index (χ4v) is 8.81. The van der Waals surface area contributed by atoms with Crippen molar-refractivity contribution in [2.75, 3.05) is 0 Å². The van der Waals surface area contributed by atoms with Gasteiger partial charge in [0, 0.05) is 22.3 Å². The Hall–Kier alpha value is -6.58. The van der Waals surface area contributed by atoms with Gasteiger partial charge in [-0.1, -0.05) is 121 Å². The highest BCUT2D eigenvalue weighted by Crippen LogP contribution is 2.56. The van der Waals surface area contributed by atoms with E-state index in [1.54, 1.807) is 0 Å². The first-order valence-electron chi connectivity index (χ1n) is 19.0. The van der Waals surface area contributed by atoms with Crippen molar-refractivity contribution < 1.29 is 4.74 Å². The maximum atomic E-state index is 6.97. The summed E-state index contributed by atoms with van der Waals surface area (Å²) in [6, 6.07) is 58.1. The highest BCUT2D eigenvalue weighted by Gasteiger charge is 2.48. The van der Waals surface area contributed by atoms with Crippen molar-refractivity contribution in [2.45, 2.75) is 40.0 Å². The Kier molecular flexibility index (Phi) is 8.51. The van der Waals surface area contributed by atoms with Crippen LogP contribution >= 0.6 is 0 Å². The SMILES string of the molecule is Cc1cc(C)c(-c2ccc3c(c2)C(c2cccc(-c4ccccc4)n2)(c2cccc(-c4ccccc4)n2)c2cc(-c4c(C)cccc4C)ccc2O3)c(C)c1. The molecule has 1 aliphatic rings. The number of hydrogen-bond acceptors (Lipinski definition) is 3. The normalized spacial score (nSPS) is 12.7. The smallest absolute Gasteiger partial charge is 0.132 e. The van der Waals surface area contributed by atoms with Crippen molar-refractivity contribution >= 4 is 0 Å². The van der Waals surface area contributed by atoms with Gasteiger partial charge in [-0.05, 0) is 128 Å². The van der Waals surface area contributed by atoms with Crippen molar-refractivity contribution in [3.8, 4) is 56.3 Å². The predicted molar refractivity (Wildman–Crippen MR) is 226 cm³/mol. The monoisotopic (exact) mass is 710 g/mol. The van der Waals surface area contributed by atoms with Crippen LogP contribution in [0.2, 0.25) is 0 Å². The number of nitrogens with zero attached hydrogens (tertiary/aromatic N) is 2. The number of rotatable bonds is 6. The summed E-state index contributed by atoms with van der Waals surface area (Å²) in [4.78, 5) is 11.2. The Bertz CT molecular complexity index is 2600. The van der Waals surface area contributed by atoms with Crippen LogP contribution in [-0.2, 0) is 5.41 Å². The van der Waals surface area contributed by atoms with E-state index in [2.05, 4.69) is 186 Å². The fraction of sp³-hybridized carbons (Fsp3) is 0.115. The number of aromatic nitrogens is 2. The molecule has 0 N–H and O–H groups in total. The molecular formula is C52H42N2O. The fourth-order valence-electron chi connectivity index (χ4n) is 8.81. The van der Waals surface area contributed by atoms with Gasteiger partial charge < -0.3 is 4.74 Å². The van der Waals surface area contributed by atoms with Gasteiger partial charge in [-0.15, -0.1) is 0 Å². The minimum atomic E-state index is -0.965. The summed E-state index contributed by atoms with van der Waals surface area (Å²) in [6.45, 7) is 11.0. The average molecular weight is 711 g/mol. The third-order valence-corrected chi connectivity index (χ3v) is 11.1. The molecule has 266 valence electrons. The van der Waals surface area contributed by atoms with Gasteiger partial charge in [-0.2, -0.15) is 0 Å². The molecule has 9 rings (SSSR count). The van der Waals surface area contributed by atoms with E-state index in [9.17, 15) is 0 Å². The van der Waals surface area contributed by atoms with Crippen LogP contribution in [0, 0.1) is 34.6 Å². The summed E-state index contributed by atoms with van der Waals surface area (Å²) < 4.78 is 6.97. The minimum absolute atomic E-state index is 0.789. The first-order valence-corrected chi connectivity index (χ1v) is 19.0. The molecule has 0 saturated heterocycles. The van der Waals surface area contributed by atoms with E-state index in [4.69, 9.17) is 14.7 Å². The molecule has 3 heterocycles. The molecule has 3 heteroatoms. The first kappa shape index (κ1) is 34.2. The lowest BCUT2D eigenvalue weighted by molar-refractivity contribution is 0.430. The largest absolute Gasteiger partial charge is 0.457 e. The van der Waals surface area contributed by atoms with E-state index >= 15 is 0 Å². The van der Waals surface area contributed by atoms with Crippen LogP contribution < -0.4 is 4.74 Å². The maximum absolute atomic E-state index is 6.97. The maximum Gasteiger partial charge on any atom is 0.132 e. The molecule has 55 heavy (non-hydrogen) atoms. The van der Waals surface area contributed by atoms with Gasteiger partial charge in [-0.3, -0.25) is 9.97 Å². The van der Waals surface area contributed by atoms with Crippen molar-refractivity contribution in [1.29, 1.82) is 0 Å². The molecule has 0 atom stereocenters. The van der Waals surface area contributed by atoms with Gasteiger partial charge in [-0.25, -0.2) is 0 Å². The van der Waals surface area contributed by atoms with Crippen LogP contribution in [-0.4, -0.2) is 9.97 Å². The van der Waals surface area contributed by atoms with E-state index in [0.717, 1.165) is 67.7 Å². The highest BCUT2D eigenvalue weighted by molar-refractivity contribution is 5.80. The number of pyridine rings is 2. The number of benzene rings is 6. The standard InChI is InChI=1S/C52H42N2O/c1-33-29-36(4)51(37(5)30-33)41-26-28-47-43(32-41)52(48-23-13-21-44(53-48)38-17-8-6-9-18-38,49-24-14-22-45(54-49)39-19-10-7-11-20-39)42-31-40(25-27-46(42)55-47)50-34(2)15-12-16-35(50)3/h6-32H,1-5H3. The third kappa shape index (κ3) is 5.84. The van der Waals surface area contributed by atoms with Gasteiger partial charge in [0.15, 0.2) is 0 Å². The zero-order valence-corrected chi connectivity index (χ0v) is 31.9. The van der Waals surface area contributed by atoms with Gasteiger partial charge in [0.25, 0.3) is 0 Å². The van der Waals surface area contributed by atoms with E-state index in [-0.39, 0.29) is 0 Å². The number of aryl methyl sites for hydroxylation is 5. The van der Waals surface area contributed by atoms with Crippen LogP contribution in [0.1, 0.15) is 50.3 Å². The van der Waals surface area contributed by atoms with E-state index in [0.29, 0.717) is 0 Å². The highest BCUT2D eigenvalue weighted by atomic mass is 16.5. The topological polar surface area (TPSA) is 35.0 Å². The summed E-state index contributed by atoms with van der Waals surface area (Å²) in [5.41, 5.74) is 17.6. The molecule has 0 unspecified atom stereocenters. The molecule has 0 bridgehead atoms. The van der Waals surface area contributed by atoms with Crippen molar-refractivity contribution in [1.82, 2.24) is 9.97 Å². The summed E-state index contributed by atoms with van der Waals surface area (Å²) >= 11 is 0. The number of ether oxygens (including phenoxy) is 1. The Morgan fingerprint density at radius 1 is 0.382 bits per heavy atom. The lowest BCUT2D eigenvalue weighted by Crippen LogP contribution is -2.36. The second kappa shape index (κ2) is 13.7. The van der Waals surface area contributed by atoms with Gasteiger partial charge in [0.2, 0.25) is 0 Å². The van der Waals surface area contributed by atoms with Crippen LogP contribution in [0.4, 0.5) is 0 Å². The van der Waals surface area contributed by atoms with Crippen LogP contribution in [0.15, 0.2) is 164 Å². The average Bonchev–Trinajstić information content (AvgIpc) is 3.20. The Morgan fingerprint density at radius 2 is 0.818 bits per heavy atom. The van der Waals surface area contributed by atoms with Gasteiger partial charge in [0.1, 0.15) is 16.9 Å². The molecule has 1 aliphatic heterocycles. The summed E-state index contributed by atoms with van der Waals surface area (Å²) in [5.74, 6) is 1.58. The van der Waals surface area contributed by atoms with Gasteiger partial charge >= 0.3 is 0 Å². The Labute approximate surface area is 324 Å². The molecule has 8 aromatic rings. The quantitative estimate of drug-likeness (QED) is 0.172.